The molecule has 0 unspecified atom stereocenters. The molecule has 0 bridgehead atoms. The smallest absolute Gasteiger partial charge is 0.247 e. The maximum Gasteiger partial charge on any atom is 0.247 e. The molecule has 6 nitrogen and oxygen atoms in total. The molecule has 1 aromatic carbocycles. The molecule has 2 aliphatic rings. The summed E-state index contributed by atoms with van der Waals surface area (Å²) in [5, 5.41) is 15.6. The highest BCUT2D eigenvalue weighted by molar-refractivity contribution is 7.99. The topological polar surface area (TPSA) is 64.9 Å². The predicted octanol–water partition coefficient (Wildman–Crippen LogP) is 2.13. The van der Waals surface area contributed by atoms with Crippen LogP contribution in [0.3, 0.4) is 0 Å². The molecule has 2 fully saturated rings. The number of thioether (sulfide) groups is 1. The lowest BCUT2D eigenvalue weighted by Crippen LogP contribution is -2.44. The second-order valence-electron chi connectivity index (χ2n) is 5.92. The van der Waals surface area contributed by atoms with Crippen LogP contribution in [0.25, 0.3) is 5.69 Å². The largest absolute Gasteiger partial charge is 0.374 e. The number of hydrogen-bond acceptors (Lipinski definition) is 6. The van der Waals surface area contributed by atoms with Gasteiger partial charge < -0.3 is 10.1 Å². The Kier molecular flexibility index (Phi) is 3.75. The Labute approximate surface area is 133 Å². The van der Waals surface area contributed by atoms with Crippen molar-refractivity contribution in [2.45, 2.75) is 30.9 Å². The summed E-state index contributed by atoms with van der Waals surface area (Å²) in [6, 6.07) is 10.3. The Morgan fingerprint density at radius 2 is 2.23 bits per heavy atom. The van der Waals surface area contributed by atoms with E-state index in [0.717, 1.165) is 37.3 Å². The number of rotatable bonds is 3. The molecule has 22 heavy (non-hydrogen) atoms. The van der Waals surface area contributed by atoms with Gasteiger partial charge in [0.05, 0.1) is 11.3 Å². The van der Waals surface area contributed by atoms with Gasteiger partial charge in [-0.3, -0.25) is 0 Å². The van der Waals surface area contributed by atoms with E-state index in [9.17, 15) is 0 Å². The average Bonchev–Trinajstić information content (AvgIpc) is 3.18. The molecule has 0 saturated carbocycles. The number of aromatic nitrogens is 4. The van der Waals surface area contributed by atoms with Gasteiger partial charge in [-0.25, -0.2) is 0 Å². The molecule has 3 heterocycles. The first-order valence-corrected chi connectivity index (χ1v) is 8.82. The van der Waals surface area contributed by atoms with Crippen LogP contribution in [0.2, 0.25) is 0 Å². The summed E-state index contributed by atoms with van der Waals surface area (Å²) in [4.78, 5) is 0. The zero-order valence-corrected chi connectivity index (χ0v) is 13.1. The van der Waals surface area contributed by atoms with Gasteiger partial charge in [-0.2, -0.15) is 16.4 Å². The minimum atomic E-state index is 0.0611. The van der Waals surface area contributed by atoms with Gasteiger partial charge in [-0.15, -0.1) is 0 Å². The zero-order chi connectivity index (χ0) is 14.8. The van der Waals surface area contributed by atoms with E-state index in [0.29, 0.717) is 12.0 Å². The number of para-hydroxylation sites is 1. The van der Waals surface area contributed by atoms with E-state index in [4.69, 9.17) is 4.74 Å². The monoisotopic (exact) mass is 317 g/mol. The van der Waals surface area contributed by atoms with Crippen LogP contribution in [0.15, 0.2) is 30.3 Å². The van der Waals surface area contributed by atoms with Crippen LogP contribution in [0.1, 0.15) is 19.3 Å². The van der Waals surface area contributed by atoms with E-state index in [1.807, 2.05) is 42.1 Å². The van der Waals surface area contributed by atoms with Crippen LogP contribution in [-0.4, -0.2) is 50.0 Å². The number of tetrazole rings is 1. The van der Waals surface area contributed by atoms with Crippen molar-refractivity contribution in [2.24, 2.45) is 0 Å². The molecular weight excluding hydrogens is 298 g/mol. The lowest BCUT2D eigenvalue weighted by Gasteiger charge is -2.38. The van der Waals surface area contributed by atoms with E-state index < -0.39 is 0 Å². The molecule has 2 saturated heterocycles. The van der Waals surface area contributed by atoms with Crippen LogP contribution in [0, 0.1) is 0 Å². The van der Waals surface area contributed by atoms with Crippen molar-refractivity contribution < 1.29 is 4.74 Å². The van der Waals surface area contributed by atoms with Crippen molar-refractivity contribution in [1.29, 1.82) is 0 Å². The Morgan fingerprint density at radius 1 is 1.32 bits per heavy atom. The zero-order valence-electron chi connectivity index (χ0n) is 12.3. The van der Waals surface area contributed by atoms with Crippen molar-refractivity contribution in [1.82, 2.24) is 20.2 Å². The molecule has 1 N–H and O–H groups in total. The molecule has 0 radical (unpaired) electrons. The van der Waals surface area contributed by atoms with Crippen molar-refractivity contribution in [3.8, 4) is 5.69 Å². The molecule has 2 aromatic rings. The molecule has 0 amide bonds. The van der Waals surface area contributed by atoms with Crippen molar-refractivity contribution in [3.63, 3.8) is 0 Å². The van der Waals surface area contributed by atoms with Crippen LogP contribution in [-0.2, 0) is 4.74 Å². The van der Waals surface area contributed by atoms with Gasteiger partial charge >= 0.3 is 0 Å². The first-order chi connectivity index (χ1) is 10.8. The third-order valence-electron chi connectivity index (χ3n) is 4.36. The summed E-state index contributed by atoms with van der Waals surface area (Å²) >= 11 is 1.99. The summed E-state index contributed by atoms with van der Waals surface area (Å²) in [5.74, 6) is 3.02. The van der Waals surface area contributed by atoms with Crippen molar-refractivity contribution in [3.05, 3.63) is 30.3 Å². The molecule has 0 aliphatic carbocycles. The molecule has 116 valence electrons. The van der Waals surface area contributed by atoms with E-state index in [2.05, 4.69) is 20.8 Å². The molecule has 1 spiro atoms. The first kappa shape index (κ1) is 14.0. The Bertz CT molecular complexity index is 626. The van der Waals surface area contributed by atoms with Crippen LogP contribution >= 0.6 is 11.8 Å². The SMILES string of the molecule is c1ccc(-n2nnnc2N[C@@H]2CCO[C@@]3(CCSC3)C2)cc1. The Balaban J connectivity index is 1.51. The van der Waals surface area contributed by atoms with E-state index in [-0.39, 0.29) is 5.60 Å². The number of nitrogens with one attached hydrogen (secondary N) is 1. The molecule has 2 atom stereocenters. The maximum absolute atomic E-state index is 6.07. The molecule has 7 heteroatoms. The normalized spacial score (nSPS) is 28.1. The standard InChI is InChI=1S/C15H19N5OS/c1-2-4-13(5-3-1)20-14(17-18-19-20)16-12-6-8-21-15(10-12)7-9-22-11-15/h1-5,12H,6-11H2,(H,16,17,19)/t12-,15+/m1/s1. The number of hydrogen-bond donors (Lipinski definition) is 1. The van der Waals surface area contributed by atoms with Gasteiger partial charge in [0.2, 0.25) is 5.95 Å². The van der Waals surface area contributed by atoms with Gasteiger partial charge in [-0.05, 0) is 47.6 Å². The van der Waals surface area contributed by atoms with E-state index in [1.165, 1.54) is 5.75 Å². The first-order valence-electron chi connectivity index (χ1n) is 7.67. The number of benzene rings is 1. The Morgan fingerprint density at radius 3 is 3.05 bits per heavy atom. The summed E-state index contributed by atoms with van der Waals surface area (Å²) in [7, 11) is 0. The number of ether oxygens (including phenoxy) is 1. The summed E-state index contributed by atoms with van der Waals surface area (Å²) in [6.45, 7) is 0.811. The Hall–Kier alpha value is -1.60. The summed E-state index contributed by atoms with van der Waals surface area (Å²) < 4.78 is 7.83. The molecule has 1 aromatic heterocycles. The summed E-state index contributed by atoms with van der Waals surface area (Å²) in [6.07, 6.45) is 3.18. The fourth-order valence-corrected chi connectivity index (χ4v) is 4.60. The second-order valence-corrected chi connectivity index (χ2v) is 7.02. The third-order valence-corrected chi connectivity index (χ3v) is 5.59. The van der Waals surface area contributed by atoms with Gasteiger partial charge in [0.15, 0.2) is 0 Å². The molecule has 4 rings (SSSR count). The maximum atomic E-state index is 6.07. The summed E-state index contributed by atoms with van der Waals surface area (Å²) in [5.41, 5.74) is 1.03. The fourth-order valence-electron chi connectivity index (χ4n) is 3.22. The van der Waals surface area contributed by atoms with Crippen LogP contribution < -0.4 is 5.32 Å². The second kappa shape index (κ2) is 5.89. The van der Waals surface area contributed by atoms with Gasteiger partial charge in [0.1, 0.15) is 0 Å². The average molecular weight is 317 g/mol. The lowest BCUT2D eigenvalue weighted by atomic mass is 9.90. The van der Waals surface area contributed by atoms with E-state index >= 15 is 0 Å². The van der Waals surface area contributed by atoms with Crippen LogP contribution in [0.5, 0.6) is 0 Å². The fraction of sp³-hybridized carbons (Fsp3) is 0.533. The molecule has 2 aliphatic heterocycles. The van der Waals surface area contributed by atoms with Crippen LogP contribution in [0.4, 0.5) is 5.95 Å². The predicted molar refractivity (Wildman–Crippen MR) is 86.4 cm³/mol. The third kappa shape index (κ3) is 2.70. The molecular formula is C15H19N5OS. The quantitative estimate of drug-likeness (QED) is 0.935. The van der Waals surface area contributed by atoms with Gasteiger partial charge in [0.25, 0.3) is 0 Å². The number of nitrogens with zero attached hydrogens (tertiary/aromatic N) is 4. The highest BCUT2D eigenvalue weighted by atomic mass is 32.2. The lowest BCUT2D eigenvalue weighted by molar-refractivity contribution is -0.0629. The number of anilines is 1. The van der Waals surface area contributed by atoms with Gasteiger partial charge in [0, 0.05) is 18.4 Å². The highest BCUT2D eigenvalue weighted by Gasteiger charge is 2.40. The highest BCUT2D eigenvalue weighted by Crippen LogP contribution is 2.38. The van der Waals surface area contributed by atoms with E-state index in [1.54, 1.807) is 4.68 Å². The minimum Gasteiger partial charge on any atom is -0.374 e. The minimum absolute atomic E-state index is 0.0611. The van der Waals surface area contributed by atoms with Crippen molar-refractivity contribution >= 4 is 17.7 Å². The van der Waals surface area contributed by atoms with Gasteiger partial charge in [-0.1, -0.05) is 23.3 Å². The van der Waals surface area contributed by atoms with Crippen molar-refractivity contribution in [2.75, 3.05) is 23.4 Å².